The van der Waals surface area contributed by atoms with Gasteiger partial charge in [0.15, 0.2) is 5.69 Å². The lowest BCUT2D eigenvalue weighted by atomic mass is 10.4. The number of rotatable bonds is 8. The van der Waals surface area contributed by atoms with Gasteiger partial charge in [0.05, 0.1) is 13.7 Å². The fourth-order valence-corrected chi connectivity index (χ4v) is 1.24. The zero-order chi connectivity index (χ0) is 13.2. The minimum atomic E-state index is -0.489. The Balaban J connectivity index is 2.25. The third kappa shape index (κ3) is 5.09. The van der Waals surface area contributed by atoms with E-state index in [4.69, 9.17) is 4.74 Å². The number of esters is 1. The molecule has 100 valence electrons. The van der Waals surface area contributed by atoms with E-state index >= 15 is 0 Å². The predicted octanol–water partition coefficient (Wildman–Crippen LogP) is 1.49. The molecule has 1 aromatic heterocycles. The summed E-state index contributed by atoms with van der Waals surface area (Å²) in [6.07, 6.45) is 2.21. The van der Waals surface area contributed by atoms with E-state index in [1.54, 1.807) is 12.1 Å². The maximum atomic E-state index is 11.1. The fourth-order valence-electron chi connectivity index (χ4n) is 1.24. The number of anilines is 1. The van der Waals surface area contributed by atoms with E-state index in [2.05, 4.69) is 27.2 Å². The van der Waals surface area contributed by atoms with E-state index in [0.29, 0.717) is 19.0 Å². The van der Waals surface area contributed by atoms with Crippen molar-refractivity contribution >= 4 is 11.8 Å². The second-order valence-electron chi connectivity index (χ2n) is 3.69. The molecule has 0 bridgehead atoms. The Bertz CT molecular complexity index is 354. The Morgan fingerprint density at radius 2 is 2.17 bits per heavy atom. The van der Waals surface area contributed by atoms with Crippen molar-refractivity contribution in [2.24, 2.45) is 0 Å². The van der Waals surface area contributed by atoms with E-state index < -0.39 is 5.97 Å². The van der Waals surface area contributed by atoms with Crippen LogP contribution in [-0.4, -0.2) is 43.0 Å². The van der Waals surface area contributed by atoms with Gasteiger partial charge in [-0.1, -0.05) is 13.3 Å². The third-order valence-corrected chi connectivity index (χ3v) is 2.25. The highest BCUT2D eigenvalue weighted by atomic mass is 16.5. The smallest absolute Gasteiger partial charge is 0.358 e. The average Bonchev–Trinajstić information content (AvgIpc) is 2.42. The quantitative estimate of drug-likeness (QED) is 0.559. The van der Waals surface area contributed by atoms with Crippen LogP contribution in [-0.2, 0) is 9.47 Å². The molecule has 0 fully saturated rings. The largest absolute Gasteiger partial charge is 0.464 e. The van der Waals surface area contributed by atoms with Crippen molar-refractivity contribution in [1.82, 2.24) is 10.2 Å². The Hall–Kier alpha value is -1.69. The molecule has 0 saturated heterocycles. The molecule has 0 aliphatic rings. The molecule has 0 radical (unpaired) electrons. The van der Waals surface area contributed by atoms with Gasteiger partial charge in [0, 0.05) is 13.2 Å². The van der Waals surface area contributed by atoms with Crippen LogP contribution in [0, 0.1) is 0 Å². The van der Waals surface area contributed by atoms with Crippen LogP contribution < -0.4 is 5.32 Å². The molecule has 0 atom stereocenters. The van der Waals surface area contributed by atoms with Crippen LogP contribution >= 0.6 is 0 Å². The average molecular weight is 253 g/mol. The summed E-state index contributed by atoms with van der Waals surface area (Å²) in [5.41, 5.74) is 0.197. The monoisotopic (exact) mass is 253 g/mol. The van der Waals surface area contributed by atoms with Crippen molar-refractivity contribution < 1.29 is 14.3 Å². The van der Waals surface area contributed by atoms with E-state index in [1.165, 1.54) is 7.11 Å². The number of methoxy groups -OCH3 is 1. The van der Waals surface area contributed by atoms with E-state index in [0.717, 1.165) is 19.4 Å². The van der Waals surface area contributed by atoms with Crippen LogP contribution in [0.2, 0.25) is 0 Å². The predicted molar refractivity (Wildman–Crippen MR) is 67.6 cm³/mol. The number of nitrogens with zero attached hydrogens (tertiary/aromatic N) is 2. The van der Waals surface area contributed by atoms with E-state index in [1.807, 2.05) is 0 Å². The van der Waals surface area contributed by atoms with E-state index in [9.17, 15) is 4.79 Å². The molecule has 1 N–H and O–H groups in total. The van der Waals surface area contributed by atoms with Gasteiger partial charge >= 0.3 is 5.97 Å². The first-order valence-electron chi connectivity index (χ1n) is 6.01. The Labute approximate surface area is 107 Å². The maximum absolute atomic E-state index is 11.1. The van der Waals surface area contributed by atoms with Crippen LogP contribution in [0.3, 0.4) is 0 Å². The van der Waals surface area contributed by atoms with Gasteiger partial charge in [0.1, 0.15) is 5.82 Å². The lowest BCUT2D eigenvalue weighted by molar-refractivity contribution is 0.0592. The molecule has 0 aliphatic carbocycles. The standard InChI is InChI=1S/C12H19N3O3/c1-3-4-8-18-9-7-13-11-6-5-10(14-15-11)12(16)17-2/h5-6H,3-4,7-9H2,1-2H3,(H,13,15). The van der Waals surface area contributed by atoms with Crippen molar-refractivity contribution in [1.29, 1.82) is 0 Å². The molecule has 0 aromatic carbocycles. The molecule has 6 nitrogen and oxygen atoms in total. The lowest BCUT2D eigenvalue weighted by Crippen LogP contribution is -2.12. The van der Waals surface area contributed by atoms with Gasteiger partial charge in [-0.15, -0.1) is 10.2 Å². The van der Waals surface area contributed by atoms with Gasteiger partial charge in [-0.3, -0.25) is 0 Å². The van der Waals surface area contributed by atoms with Crippen LogP contribution in [0.15, 0.2) is 12.1 Å². The normalized spacial score (nSPS) is 10.1. The Kier molecular flexibility index (Phi) is 6.71. The first kappa shape index (κ1) is 14.4. The molecule has 0 spiro atoms. The zero-order valence-electron chi connectivity index (χ0n) is 10.8. The topological polar surface area (TPSA) is 73.3 Å². The third-order valence-electron chi connectivity index (χ3n) is 2.25. The Morgan fingerprint density at radius 3 is 2.78 bits per heavy atom. The molecule has 6 heteroatoms. The highest BCUT2D eigenvalue weighted by Crippen LogP contribution is 2.02. The lowest BCUT2D eigenvalue weighted by Gasteiger charge is -2.06. The molecule has 0 saturated carbocycles. The van der Waals surface area contributed by atoms with Crippen molar-refractivity contribution in [3.63, 3.8) is 0 Å². The summed E-state index contributed by atoms with van der Waals surface area (Å²) < 4.78 is 9.92. The number of ether oxygens (including phenoxy) is 2. The minimum Gasteiger partial charge on any atom is -0.464 e. The zero-order valence-corrected chi connectivity index (χ0v) is 10.8. The van der Waals surface area contributed by atoms with Gasteiger partial charge < -0.3 is 14.8 Å². The second-order valence-corrected chi connectivity index (χ2v) is 3.69. The minimum absolute atomic E-state index is 0.197. The summed E-state index contributed by atoms with van der Waals surface area (Å²) in [4.78, 5) is 11.1. The molecule has 1 heterocycles. The van der Waals surface area contributed by atoms with Crippen LogP contribution in [0.1, 0.15) is 30.3 Å². The molecular formula is C12H19N3O3. The van der Waals surface area contributed by atoms with Gasteiger partial charge in [0.25, 0.3) is 0 Å². The highest BCUT2D eigenvalue weighted by Gasteiger charge is 2.06. The van der Waals surface area contributed by atoms with E-state index in [-0.39, 0.29) is 5.69 Å². The van der Waals surface area contributed by atoms with Crippen LogP contribution in [0.25, 0.3) is 0 Å². The van der Waals surface area contributed by atoms with Gasteiger partial charge in [-0.2, -0.15) is 0 Å². The highest BCUT2D eigenvalue weighted by molar-refractivity contribution is 5.86. The maximum Gasteiger partial charge on any atom is 0.358 e. The number of carbonyl (C=O) groups excluding carboxylic acids is 1. The SMILES string of the molecule is CCCCOCCNc1ccc(C(=O)OC)nn1. The van der Waals surface area contributed by atoms with Gasteiger partial charge in [-0.25, -0.2) is 4.79 Å². The molecule has 18 heavy (non-hydrogen) atoms. The number of nitrogens with one attached hydrogen (secondary N) is 1. The Morgan fingerprint density at radius 1 is 1.33 bits per heavy atom. The number of hydrogen-bond acceptors (Lipinski definition) is 6. The molecule has 1 aromatic rings. The van der Waals surface area contributed by atoms with Gasteiger partial charge in [-0.05, 0) is 18.6 Å². The summed E-state index contributed by atoms with van der Waals surface area (Å²) >= 11 is 0. The number of hydrogen-bond donors (Lipinski definition) is 1. The molecular weight excluding hydrogens is 234 g/mol. The second kappa shape index (κ2) is 8.41. The molecule has 1 rings (SSSR count). The number of carbonyl (C=O) groups is 1. The summed E-state index contributed by atoms with van der Waals surface area (Å²) in [6, 6.07) is 3.25. The summed E-state index contributed by atoms with van der Waals surface area (Å²) in [5, 5.41) is 10.7. The summed E-state index contributed by atoms with van der Waals surface area (Å²) in [7, 11) is 1.31. The van der Waals surface area contributed by atoms with Crippen LogP contribution in [0.4, 0.5) is 5.82 Å². The summed E-state index contributed by atoms with van der Waals surface area (Å²) in [5.74, 6) is 0.124. The number of aromatic nitrogens is 2. The number of unbranched alkanes of at least 4 members (excludes halogenated alkanes) is 1. The summed E-state index contributed by atoms with van der Waals surface area (Å²) in [6.45, 7) is 4.20. The van der Waals surface area contributed by atoms with Gasteiger partial charge in [0.2, 0.25) is 0 Å². The van der Waals surface area contributed by atoms with Crippen molar-refractivity contribution in [2.75, 3.05) is 32.2 Å². The molecule has 0 unspecified atom stereocenters. The first-order chi connectivity index (χ1) is 8.77. The van der Waals surface area contributed by atoms with Crippen molar-refractivity contribution in [3.8, 4) is 0 Å². The van der Waals surface area contributed by atoms with Crippen LogP contribution in [0.5, 0.6) is 0 Å². The van der Waals surface area contributed by atoms with Crippen molar-refractivity contribution in [2.45, 2.75) is 19.8 Å². The van der Waals surface area contributed by atoms with Crippen molar-refractivity contribution in [3.05, 3.63) is 17.8 Å². The first-order valence-corrected chi connectivity index (χ1v) is 6.01. The molecule has 0 amide bonds. The molecule has 0 aliphatic heterocycles. The fraction of sp³-hybridized carbons (Fsp3) is 0.583.